The van der Waals surface area contributed by atoms with Crippen molar-refractivity contribution in [3.63, 3.8) is 0 Å². The molecule has 174 valence electrons. The number of hydrogen-bond donors (Lipinski definition) is 1. The van der Waals surface area contributed by atoms with Crippen molar-refractivity contribution in [3.05, 3.63) is 77.5 Å². The molecule has 0 atom stereocenters. The molecule has 14 heteroatoms. The fourth-order valence-corrected chi connectivity index (χ4v) is 3.55. The van der Waals surface area contributed by atoms with Crippen molar-refractivity contribution in [2.24, 2.45) is 0 Å². The van der Waals surface area contributed by atoms with E-state index in [1.54, 1.807) is 22.9 Å². The van der Waals surface area contributed by atoms with E-state index in [1.807, 2.05) is 13.8 Å². The molecule has 0 radical (unpaired) electrons. The Morgan fingerprint density at radius 3 is 2.62 bits per heavy atom. The third-order valence-corrected chi connectivity index (χ3v) is 5.34. The number of hydrogen-bond acceptors (Lipinski definition) is 10. The first-order valence-electron chi connectivity index (χ1n) is 9.95. The first kappa shape index (κ1) is 22.7. The van der Waals surface area contributed by atoms with Crippen LogP contribution < -0.4 is 10.7 Å². The number of rotatable bonds is 7. The van der Waals surface area contributed by atoms with Gasteiger partial charge in [0.2, 0.25) is 5.43 Å². The number of anilines is 1. The molecule has 0 amide bonds. The van der Waals surface area contributed by atoms with Crippen molar-refractivity contribution >= 4 is 40.3 Å². The van der Waals surface area contributed by atoms with E-state index in [-0.39, 0.29) is 34.1 Å². The minimum atomic E-state index is -0.735. The summed E-state index contributed by atoms with van der Waals surface area (Å²) < 4.78 is 8.55. The Hall–Kier alpha value is -4.46. The molecular formula is C20H17N7O6S. The van der Waals surface area contributed by atoms with Gasteiger partial charge in [-0.3, -0.25) is 25.0 Å². The summed E-state index contributed by atoms with van der Waals surface area (Å²) in [6, 6.07) is 6.65. The Kier molecular flexibility index (Phi) is 5.89. The van der Waals surface area contributed by atoms with E-state index in [9.17, 15) is 25.0 Å². The number of nitro benzene ring substituents is 2. The molecule has 1 aromatic carbocycles. The third kappa shape index (κ3) is 4.13. The van der Waals surface area contributed by atoms with Crippen LogP contribution in [-0.2, 0) is 13.2 Å². The molecule has 34 heavy (non-hydrogen) atoms. The van der Waals surface area contributed by atoms with Gasteiger partial charge in [0.25, 0.3) is 22.1 Å². The molecule has 0 unspecified atom stereocenters. The largest absolute Gasteiger partial charge is 0.409 e. The third-order valence-electron chi connectivity index (χ3n) is 5.05. The maximum absolute atomic E-state index is 13.1. The SMILES string of the molecule is CCn1cc(-c2nn(CNc3ccc([N+](=O)[O-])cc3[N+](=O)[O-])c(=S)o2)c(=O)c2ccc(C)nc21. The van der Waals surface area contributed by atoms with E-state index in [0.717, 1.165) is 17.8 Å². The number of nitrogens with one attached hydrogen (secondary N) is 1. The number of nitrogens with zero attached hydrogens (tertiary/aromatic N) is 6. The Balaban J connectivity index is 1.69. The lowest BCUT2D eigenvalue weighted by Gasteiger charge is -2.09. The summed E-state index contributed by atoms with van der Waals surface area (Å²) in [6.07, 6.45) is 1.59. The fraction of sp³-hybridized carbons (Fsp3) is 0.200. The number of nitro groups is 2. The summed E-state index contributed by atoms with van der Waals surface area (Å²) in [7, 11) is 0. The van der Waals surface area contributed by atoms with Gasteiger partial charge in [-0.15, -0.1) is 5.10 Å². The lowest BCUT2D eigenvalue weighted by Crippen LogP contribution is -2.14. The molecule has 3 heterocycles. The predicted octanol–water partition coefficient (Wildman–Crippen LogP) is 3.80. The normalized spacial score (nSPS) is 11.0. The van der Waals surface area contributed by atoms with Crippen LogP contribution in [0.4, 0.5) is 17.1 Å². The van der Waals surface area contributed by atoms with Gasteiger partial charge in [-0.25, -0.2) is 9.67 Å². The van der Waals surface area contributed by atoms with Gasteiger partial charge in [-0.2, -0.15) is 0 Å². The molecular weight excluding hydrogens is 466 g/mol. The highest BCUT2D eigenvalue weighted by molar-refractivity contribution is 7.71. The Morgan fingerprint density at radius 1 is 1.18 bits per heavy atom. The average molecular weight is 483 g/mol. The van der Waals surface area contributed by atoms with Crippen molar-refractivity contribution < 1.29 is 14.3 Å². The summed E-state index contributed by atoms with van der Waals surface area (Å²) in [6.45, 7) is 4.15. The highest BCUT2D eigenvalue weighted by atomic mass is 32.1. The molecule has 13 nitrogen and oxygen atoms in total. The summed E-state index contributed by atoms with van der Waals surface area (Å²) in [5.74, 6) is -0.0142. The second-order valence-corrected chi connectivity index (χ2v) is 7.55. The van der Waals surface area contributed by atoms with Gasteiger partial charge in [-0.05, 0) is 44.3 Å². The van der Waals surface area contributed by atoms with E-state index < -0.39 is 21.2 Å². The molecule has 4 rings (SSSR count). The smallest absolute Gasteiger partial charge is 0.299 e. The van der Waals surface area contributed by atoms with Crippen LogP contribution in [0.2, 0.25) is 0 Å². The van der Waals surface area contributed by atoms with Gasteiger partial charge in [-0.1, -0.05) is 0 Å². The van der Waals surface area contributed by atoms with Crippen molar-refractivity contribution in [1.29, 1.82) is 0 Å². The van der Waals surface area contributed by atoms with Crippen LogP contribution in [0.25, 0.3) is 22.5 Å². The number of fused-ring (bicyclic) bond motifs is 1. The molecule has 4 aromatic rings. The lowest BCUT2D eigenvalue weighted by atomic mass is 10.2. The second kappa shape index (κ2) is 8.82. The van der Waals surface area contributed by atoms with Gasteiger partial charge in [0.1, 0.15) is 23.6 Å². The number of aryl methyl sites for hydroxylation is 2. The highest BCUT2D eigenvalue weighted by Crippen LogP contribution is 2.29. The average Bonchev–Trinajstić information content (AvgIpc) is 3.17. The molecule has 0 saturated heterocycles. The summed E-state index contributed by atoms with van der Waals surface area (Å²) in [5.41, 5.74) is 0.318. The van der Waals surface area contributed by atoms with Crippen molar-refractivity contribution in [3.8, 4) is 11.5 Å². The summed E-state index contributed by atoms with van der Waals surface area (Å²) in [4.78, 5) is 38.2. The molecule has 0 aliphatic rings. The minimum absolute atomic E-state index is 0.0142. The number of aromatic nitrogens is 4. The van der Waals surface area contributed by atoms with E-state index in [2.05, 4.69) is 15.4 Å². The first-order chi connectivity index (χ1) is 16.2. The minimum Gasteiger partial charge on any atom is -0.409 e. The van der Waals surface area contributed by atoms with Crippen LogP contribution in [0.5, 0.6) is 0 Å². The Bertz CT molecular complexity index is 1570. The number of non-ortho nitro benzene ring substituents is 1. The van der Waals surface area contributed by atoms with Crippen molar-refractivity contribution in [2.45, 2.75) is 27.1 Å². The quantitative estimate of drug-likeness (QED) is 0.232. The molecule has 0 aliphatic heterocycles. The summed E-state index contributed by atoms with van der Waals surface area (Å²) >= 11 is 5.19. The zero-order valence-electron chi connectivity index (χ0n) is 17.9. The maximum Gasteiger partial charge on any atom is 0.299 e. The lowest BCUT2D eigenvalue weighted by molar-refractivity contribution is -0.393. The maximum atomic E-state index is 13.1. The zero-order valence-corrected chi connectivity index (χ0v) is 18.7. The van der Waals surface area contributed by atoms with E-state index >= 15 is 0 Å². The standard InChI is InChI=1S/C20H17N7O6S/c1-3-24-9-14(17(28)13-6-4-11(2)22-18(13)24)19-23-25(20(34)33-19)10-21-15-7-5-12(26(29)30)8-16(15)27(31)32/h4-9,21H,3,10H2,1-2H3. The zero-order chi connectivity index (χ0) is 24.6. The molecule has 0 aliphatic carbocycles. The van der Waals surface area contributed by atoms with Crippen LogP contribution in [0, 0.1) is 32.0 Å². The molecule has 0 bridgehead atoms. The van der Waals surface area contributed by atoms with Crippen LogP contribution in [0.1, 0.15) is 12.6 Å². The highest BCUT2D eigenvalue weighted by Gasteiger charge is 2.20. The Morgan fingerprint density at radius 2 is 1.94 bits per heavy atom. The Labute approximate surface area is 195 Å². The molecule has 3 aromatic heterocycles. The monoisotopic (exact) mass is 483 g/mol. The van der Waals surface area contributed by atoms with Gasteiger partial charge < -0.3 is 14.3 Å². The van der Waals surface area contributed by atoms with Gasteiger partial charge in [0.05, 0.1) is 21.3 Å². The van der Waals surface area contributed by atoms with Gasteiger partial charge in [0.15, 0.2) is 0 Å². The summed E-state index contributed by atoms with van der Waals surface area (Å²) in [5, 5.41) is 29.7. The van der Waals surface area contributed by atoms with Gasteiger partial charge >= 0.3 is 0 Å². The van der Waals surface area contributed by atoms with E-state index in [0.29, 0.717) is 17.6 Å². The van der Waals surface area contributed by atoms with Crippen LogP contribution >= 0.6 is 12.2 Å². The topological polar surface area (TPSA) is 164 Å². The van der Waals surface area contributed by atoms with Crippen LogP contribution in [-0.4, -0.2) is 29.2 Å². The van der Waals surface area contributed by atoms with Crippen molar-refractivity contribution in [2.75, 3.05) is 5.32 Å². The van der Waals surface area contributed by atoms with E-state index in [4.69, 9.17) is 16.6 Å². The number of pyridine rings is 2. The van der Waals surface area contributed by atoms with Gasteiger partial charge in [0, 0.05) is 24.5 Å². The molecule has 0 fully saturated rings. The van der Waals surface area contributed by atoms with Crippen LogP contribution in [0.15, 0.2) is 45.7 Å². The second-order valence-electron chi connectivity index (χ2n) is 7.20. The number of benzene rings is 1. The molecule has 0 spiro atoms. The first-order valence-corrected chi connectivity index (χ1v) is 10.4. The molecule has 0 saturated carbocycles. The van der Waals surface area contributed by atoms with Crippen LogP contribution in [0.3, 0.4) is 0 Å². The predicted molar refractivity (Wildman–Crippen MR) is 124 cm³/mol. The van der Waals surface area contributed by atoms with E-state index in [1.165, 1.54) is 10.7 Å². The molecule has 1 N–H and O–H groups in total. The van der Waals surface area contributed by atoms with Crippen molar-refractivity contribution in [1.82, 2.24) is 19.3 Å². The fourth-order valence-electron chi connectivity index (χ4n) is 3.36.